The predicted molar refractivity (Wildman–Crippen MR) is 107 cm³/mol. The number of hydrogen-bond acceptors (Lipinski definition) is 2. The molecule has 0 aromatic heterocycles. The van der Waals surface area contributed by atoms with E-state index in [1.807, 2.05) is 0 Å². The Hall–Kier alpha value is -2.13. The van der Waals surface area contributed by atoms with Gasteiger partial charge in [0.15, 0.2) is 5.78 Å². The summed E-state index contributed by atoms with van der Waals surface area (Å²) < 4.78 is 0. The highest BCUT2D eigenvalue weighted by atomic mass is 35.5. The fraction of sp³-hybridized carbons (Fsp3) is 0.364. The molecule has 3 nitrogen and oxygen atoms in total. The number of amides is 1. The molecule has 0 fully saturated rings. The Morgan fingerprint density at radius 1 is 1.00 bits per heavy atom. The Bertz CT molecular complexity index is 740. The van der Waals surface area contributed by atoms with Crippen LogP contribution in [0, 0.1) is 5.92 Å². The van der Waals surface area contributed by atoms with E-state index in [9.17, 15) is 9.59 Å². The monoisotopic (exact) mass is 371 g/mol. The van der Waals surface area contributed by atoms with Crippen LogP contribution in [0.15, 0.2) is 48.5 Å². The van der Waals surface area contributed by atoms with Gasteiger partial charge in [-0.15, -0.1) is 0 Å². The number of nitrogens with one attached hydrogen (secondary N) is 1. The minimum absolute atomic E-state index is 0.176. The van der Waals surface area contributed by atoms with Crippen LogP contribution in [0.25, 0.3) is 0 Å². The van der Waals surface area contributed by atoms with Crippen LogP contribution >= 0.6 is 11.6 Å². The van der Waals surface area contributed by atoms with Crippen LogP contribution in [0.2, 0.25) is 5.02 Å². The first-order valence-electron chi connectivity index (χ1n) is 9.24. The van der Waals surface area contributed by atoms with E-state index in [1.54, 1.807) is 48.5 Å². The quantitative estimate of drug-likeness (QED) is 0.590. The number of hydrogen-bond donors (Lipinski definition) is 1. The van der Waals surface area contributed by atoms with Crippen LogP contribution in [0.5, 0.6) is 0 Å². The molecule has 2 aromatic carbocycles. The maximum absolute atomic E-state index is 12.8. The molecule has 2 rings (SSSR count). The predicted octanol–water partition coefficient (Wildman–Crippen LogP) is 5.52. The molecule has 26 heavy (non-hydrogen) atoms. The van der Waals surface area contributed by atoms with Gasteiger partial charge in [0, 0.05) is 22.7 Å². The van der Waals surface area contributed by atoms with Crippen molar-refractivity contribution >= 4 is 23.3 Å². The summed E-state index contributed by atoms with van der Waals surface area (Å²) in [6.07, 6.45) is 4.47. The van der Waals surface area contributed by atoms with Crippen LogP contribution in [0.4, 0.5) is 0 Å². The van der Waals surface area contributed by atoms with Gasteiger partial charge in [-0.3, -0.25) is 9.59 Å². The molecule has 1 N–H and O–H groups in total. The SMILES string of the molecule is CCCC[C@@H](CC)CNC(=O)c1ccccc1C(=O)c1ccc(Cl)cc1. The second-order valence-corrected chi connectivity index (χ2v) is 6.94. The first-order chi connectivity index (χ1) is 12.6. The average Bonchev–Trinajstić information content (AvgIpc) is 2.68. The first kappa shape index (κ1) is 20.2. The Balaban J connectivity index is 2.13. The molecule has 138 valence electrons. The highest BCUT2D eigenvalue weighted by Gasteiger charge is 2.18. The Morgan fingerprint density at radius 2 is 1.65 bits per heavy atom. The van der Waals surface area contributed by atoms with E-state index in [2.05, 4.69) is 19.2 Å². The van der Waals surface area contributed by atoms with Crippen molar-refractivity contribution in [3.63, 3.8) is 0 Å². The third-order valence-corrected chi connectivity index (χ3v) is 4.87. The molecule has 0 aliphatic rings. The van der Waals surface area contributed by atoms with E-state index in [0.29, 0.717) is 34.2 Å². The van der Waals surface area contributed by atoms with Gasteiger partial charge in [-0.2, -0.15) is 0 Å². The highest BCUT2D eigenvalue weighted by Crippen LogP contribution is 2.18. The molecule has 0 aliphatic carbocycles. The van der Waals surface area contributed by atoms with Crippen molar-refractivity contribution in [1.82, 2.24) is 5.32 Å². The molecule has 1 amide bonds. The second kappa shape index (κ2) is 10.1. The van der Waals surface area contributed by atoms with Gasteiger partial charge >= 0.3 is 0 Å². The number of carbonyl (C=O) groups excluding carboxylic acids is 2. The zero-order valence-electron chi connectivity index (χ0n) is 15.4. The van der Waals surface area contributed by atoms with Gasteiger partial charge in [-0.05, 0) is 42.7 Å². The summed E-state index contributed by atoms with van der Waals surface area (Å²) >= 11 is 5.89. The molecule has 0 bridgehead atoms. The van der Waals surface area contributed by atoms with Crippen LogP contribution in [0.3, 0.4) is 0 Å². The number of ketones is 1. The van der Waals surface area contributed by atoms with Gasteiger partial charge in [0.1, 0.15) is 0 Å². The van der Waals surface area contributed by atoms with Gasteiger partial charge in [0.2, 0.25) is 0 Å². The van der Waals surface area contributed by atoms with Gasteiger partial charge < -0.3 is 5.32 Å². The molecule has 0 radical (unpaired) electrons. The third kappa shape index (κ3) is 5.43. The molecule has 0 aliphatic heterocycles. The van der Waals surface area contributed by atoms with Crippen molar-refractivity contribution in [2.45, 2.75) is 39.5 Å². The minimum Gasteiger partial charge on any atom is -0.352 e. The smallest absolute Gasteiger partial charge is 0.252 e. The van der Waals surface area contributed by atoms with E-state index in [0.717, 1.165) is 19.3 Å². The van der Waals surface area contributed by atoms with Gasteiger partial charge in [-0.1, -0.05) is 62.9 Å². The first-order valence-corrected chi connectivity index (χ1v) is 9.62. The van der Waals surface area contributed by atoms with Crippen molar-refractivity contribution in [1.29, 1.82) is 0 Å². The summed E-state index contributed by atoms with van der Waals surface area (Å²) in [5, 5.41) is 3.58. The lowest BCUT2D eigenvalue weighted by Gasteiger charge is -2.16. The zero-order chi connectivity index (χ0) is 18.9. The highest BCUT2D eigenvalue weighted by molar-refractivity contribution is 6.30. The third-order valence-electron chi connectivity index (χ3n) is 4.62. The summed E-state index contributed by atoms with van der Waals surface area (Å²) in [7, 11) is 0. The summed E-state index contributed by atoms with van der Waals surface area (Å²) in [4.78, 5) is 25.5. The second-order valence-electron chi connectivity index (χ2n) is 6.51. The Morgan fingerprint density at radius 3 is 2.27 bits per heavy atom. The van der Waals surface area contributed by atoms with Crippen LogP contribution in [-0.4, -0.2) is 18.2 Å². The molecule has 0 unspecified atom stereocenters. The topological polar surface area (TPSA) is 46.2 Å². The molecule has 1 atom stereocenters. The largest absolute Gasteiger partial charge is 0.352 e. The van der Waals surface area contributed by atoms with E-state index in [-0.39, 0.29) is 11.7 Å². The molecular formula is C22H26ClNO2. The summed E-state index contributed by atoms with van der Waals surface area (Å²) in [6.45, 7) is 4.95. The van der Waals surface area contributed by atoms with Crippen molar-refractivity contribution in [3.05, 3.63) is 70.2 Å². The molecule has 0 saturated heterocycles. The molecule has 0 spiro atoms. The van der Waals surface area contributed by atoms with E-state index in [1.165, 1.54) is 6.42 Å². The fourth-order valence-electron chi connectivity index (χ4n) is 2.91. The average molecular weight is 372 g/mol. The lowest BCUT2D eigenvalue weighted by Crippen LogP contribution is -2.30. The lowest BCUT2D eigenvalue weighted by atomic mass is 9.97. The van der Waals surface area contributed by atoms with Crippen LogP contribution in [0.1, 0.15) is 65.8 Å². The molecule has 0 saturated carbocycles. The van der Waals surface area contributed by atoms with Gasteiger partial charge in [0.25, 0.3) is 5.91 Å². The molecule has 0 heterocycles. The van der Waals surface area contributed by atoms with Crippen molar-refractivity contribution < 1.29 is 9.59 Å². The summed E-state index contributed by atoms with van der Waals surface area (Å²) in [5.74, 6) is 0.0985. The fourth-order valence-corrected chi connectivity index (χ4v) is 3.04. The molecule has 2 aromatic rings. The summed E-state index contributed by atoms with van der Waals surface area (Å²) in [6, 6.07) is 13.7. The van der Waals surface area contributed by atoms with Gasteiger partial charge in [-0.25, -0.2) is 0 Å². The minimum atomic E-state index is -0.196. The number of benzene rings is 2. The van der Waals surface area contributed by atoms with E-state index >= 15 is 0 Å². The maximum atomic E-state index is 12.8. The molecular weight excluding hydrogens is 346 g/mol. The van der Waals surface area contributed by atoms with Crippen LogP contribution in [-0.2, 0) is 0 Å². The van der Waals surface area contributed by atoms with E-state index < -0.39 is 0 Å². The Kier molecular flexibility index (Phi) is 7.86. The Labute approximate surface area is 160 Å². The number of carbonyl (C=O) groups is 2. The normalized spacial score (nSPS) is 11.8. The molecule has 4 heteroatoms. The van der Waals surface area contributed by atoms with Crippen molar-refractivity contribution in [3.8, 4) is 0 Å². The van der Waals surface area contributed by atoms with Crippen molar-refractivity contribution in [2.75, 3.05) is 6.54 Å². The zero-order valence-corrected chi connectivity index (χ0v) is 16.2. The summed E-state index contributed by atoms with van der Waals surface area (Å²) in [5.41, 5.74) is 1.34. The standard InChI is InChI=1S/C22H26ClNO2/c1-3-5-8-16(4-2)15-24-22(26)20-10-7-6-9-19(20)21(25)17-11-13-18(23)14-12-17/h6-7,9-14,16H,3-5,8,15H2,1-2H3,(H,24,26)/t16-/m1/s1. The van der Waals surface area contributed by atoms with E-state index in [4.69, 9.17) is 11.6 Å². The van der Waals surface area contributed by atoms with Crippen LogP contribution < -0.4 is 5.32 Å². The number of halogens is 1. The maximum Gasteiger partial charge on any atom is 0.252 e. The van der Waals surface area contributed by atoms with Gasteiger partial charge in [0.05, 0.1) is 5.56 Å². The van der Waals surface area contributed by atoms with Crippen molar-refractivity contribution in [2.24, 2.45) is 5.92 Å². The number of unbranched alkanes of at least 4 members (excludes halogenated alkanes) is 1. The lowest BCUT2D eigenvalue weighted by molar-refractivity contribution is 0.0935. The number of rotatable bonds is 9.